The van der Waals surface area contributed by atoms with E-state index in [2.05, 4.69) is 63.4 Å². The average molecular weight is 374 g/mol. The number of nitrogens with one attached hydrogen (secondary N) is 1. The molecule has 0 unspecified atom stereocenters. The van der Waals surface area contributed by atoms with E-state index in [0.717, 1.165) is 19.3 Å². The van der Waals surface area contributed by atoms with Gasteiger partial charge in [-0.15, -0.1) is 0 Å². The van der Waals surface area contributed by atoms with Crippen molar-refractivity contribution in [1.29, 1.82) is 0 Å². The Morgan fingerprint density at radius 1 is 0.893 bits per heavy atom. The van der Waals surface area contributed by atoms with Crippen LogP contribution in [0, 0.1) is 0 Å². The van der Waals surface area contributed by atoms with Gasteiger partial charge < -0.3 is 9.88 Å². The number of piperazine rings is 1. The number of aromatic nitrogens is 2. The van der Waals surface area contributed by atoms with E-state index in [0.29, 0.717) is 13.1 Å². The van der Waals surface area contributed by atoms with Gasteiger partial charge in [0.2, 0.25) is 0 Å². The van der Waals surface area contributed by atoms with Crippen LogP contribution < -0.4 is 5.56 Å². The Bertz CT molecular complexity index is 920. The van der Waals surface area contributed by atoms with Crippen LogP contribution in [0.15, 0.2) is 77.9 Å². The number of carbonyl (C=O) groups is 1. The van der Waals surface area contributed by atoms with Crippen LogP contribution >= 0.6 is 0 Å². The first kappa shape index (κ1) is 18.1. The van der Waals surface area contributed by atoms with Crippen LogP contribution in [0.2, 0.25) is 0 Å². The zero-order chi connectivity index (χ0) is 19.3. The van der Waals surface area contributed by atoms with Crippen molar-refractivity contribution in [3.05, 3.63) is 100 Å². The van der Waals surface area contributed by atoms with Crippen LogP contribution in [0.25, 0.3) is 0 Å². The van der Waals surface area contributed by atoms with Gasteiger partial charge in [-0.3, -0.25) is 14.5 Å². The van der Waals surface area contributed by atoms with Crippen molar-refractivity contribution in [2.45, 2.75) is 6.04 Å². The number of rotatable bonds is 4. The number of aromatic amines is 1. The molecule has 0 saturated carbocycles. The highest BCUT2D eigenvalue weighted by Crippen LogP contribution is 2.29. The maximum Gasteiger partial charge on any atom is 0.274 e. The molecule has 2 heterocycles. The molecule has 1 N–H and O–H groups in total. The van der Waals surface area contributed by atoms with Crippen molar-refractivity contribution in [3.8, 4) is 0 Å². The minimum atomic E-state index is -0.310. The molecule has 0 spiro atoms. The van der Waals surface area contributed by atoms with E-state index >= 15 is 0 Å². The summed E-state index contributed by atoms with van der Waals surface area (Å²) in [6.07, 6.45) is 2.53. The summed E-state index contributed by atoms with van der Waals surface area (Å²) in [5.74, 6) is -0.146. The van der Waals surface area contributed by atoms with Crippen molar-refractivity contribution in [3.63, 3.8) is 0 Å². The minimum Gasteiger partial charge on any atom is -0.335 e. The summed E-state index contributed by atoms with van der Waals surface area (Å²) in [4.78, 5) is 34.5. The van der Waals surface area contributed by atoms with Crippen molar-refractivity contribution in [2.24, 2.45) is 0 Å². The van der Waals surface area contributed by atoms with Crippen LogP contribution in [-0.4, -0.2) is 51.9 Å². The summed E-state index contributed by atoms with van der Waals surface area (Å²) in [5, 5.41) is 0. The van der Waals surface area contributed by atoms with Crippen LogP contribution in [-0.2, 0) is 0 Å². The van der Waals surface area contributed by atoms with Gasteiger partial charge in [0.05, 0.1) is 12.2 Å². The van der Waals surface area contributed by atoms with Crippen molar-refractivity contribution in [2.75, 3.05) is 26.2 Å². The molecule has 1 amide bonds. The molecule has 142 valence electrons. The third-order valence-electron chi connectivity index (χ3n) is 5.09. The molecule has 6 heteroatoms. The number of carbonyl (C=O) groups excluding carboxylic acids is 1. The molecule has 0 atom stereocenters. The zero-order valence-corrected chi connectivity index (χ0v) is 15.5. The van der Waals surface area contributed by atoms with E-state index in [1.54, 1.807) is 4.90 Å². The number of benzene rings is 2. The van der Waals surface area contributed by atoms with Gasteiger partial charge in [-0.1, -0.05) is 60.7 Å². The van der Waals surface area contributed by atoms with E-state index in [4.69, 9.17) is 0 Å². The lowest BCUT2D eigenvalue weighted by Crippen LogP contribution is -2.50. The van der Waals surface area contributed by atoms with Crippen molar-refractivity contribution in [1.82, 2.24) is 19.8 Å². The number of amides is 1. The van der Waals surface area contributed by atoms with E-state index < -0.39 is 0 Å². The van der Waals surface area contributed by atoms with Gasteiger partial charge in [0, 0.05) is 32.4 Å². The predicted molar refractivity (Wildman–Crippen MR) is 107 cm³/mol. The van der Waals surface area contributed by atoms with Gasteiger partial charge in [-0.25, -0.2) is 4.98 Å². The monoisotopic (exact) mass is 374 g/mol. The normalized spacial score (nSPS) is 15.0. The third kappa shape index (κ3) is 3.87. The summed E-state index contributed by atoms with van der Waals surface area (Å²) >= 11 is 0. The van der Waals surface area contributed by atoms with Gasteiger partial charge in [0.25, 0.3) is 11.5 Å². The fraction of sp³-hybridized carbons (Fsp3) is 0.227. The fourth-order valence-corrected chi connectivity index (χ4v) is 3.69. The molecule has 6 nitrogen and oxygen atoms in total. The quantitative estimate of drug-likeness (QED) is 0.761. The second kappa shape index (κ2) is 8.19. The first-order valence-electron chi connectivity index (χ1n) is 9.40. The van der Waals surface area contributed by atoms with Crippen LogP contribution in [0.1, 0.15) is 27.7 Å². The number of nitrogens with zero attached hydrogens (tertiary/aromatic N) is 3. The highest BCUT2D eigenvalue weighted by Gasteiger charge is 2.28. The Labute approximate surface area is 163 Å². The molecule has 1 aliphatic rings. The Morgan fingerprint density at radius 2 is 1.46 bits per heavy atom. The molecule has 1 saturated heterocycles. The van der Waals surface area contributed by atoms with Gasteiger partial charge in [0.1, 0.15) is 5.69 Å². The highest BCUT2D eigenvalue weighted by molar-refractivity contribution is 5.92. The zero-order valence-electron chi connectivity index (χ0n) is 15.5. The van der Waals surface area contributed by atoms with E-state index in [1.807, 2.05) is 12.1 Å². The summed E-state index contributed by atoms with van der Waals surface area (Å²) in [6.45, 7) is 2.78. The molecule has 0 aliphatic carbocycles. The van der Waals surface area contributed by atoms with Crippen LogP contribution in [0.4, 0.5) is 0 Å². The third-order valence-corrected chi connectivity index (χ3v) is 5.09. The van der Waals surface area contributed by atoms with Gasteiger partial charge in [-0.05, 0) is 11.1 Å². The van der Waals surface area contributed by atoms with Gasteiger partial charge in [0.15, 0.2) is 0 Å². The SMILES string of the molecule is O=C(c1c[nH]c(=O)cn1)N1CCN(C(c2ccccc2)c2ccccc2)CC1. The predicted octanol–water partition coefficient (Wildman–Crippen LogP) is 2.32. The van der Waals surface area contributed by atoms with Crippen molar-refractivity contribution >= 4 is 5.91 Å². The molecule has 3 aromatic rings. The number of hydrogen-bond donors (Lipinski definition) is 1. The molecular formula is C22H22N4O2. The Balaban J connectivity index is 1.51. The standard InChI is InChI=1S/C22H22N4O2/c27-20-16-23-19(15-24-20)22(28)26-13-11-25(12-14-26)21(17-7-3-1-4-8-17)18-9-5-2-6-10-18/h1-10,15-16,21H,11-14H2,(H,24,27). The minimum absolute atomic E-state index is 0.146. The molecule has 2 aromatic carbocycles. The fourth-order valence-electron chi connectivity index (χ4n) is 3.69. The maximum absolute atomic E-state index is 12.7. The van der Waals surface area contributed by atoms with Gasteiger partial charge in [-0.2, -0.15) is 0 Å². The Kier molecular flexibility index (Phi) is 5.30. The lowest BCUT2D eigenvalue weighted by Gasteiger charge is -2.39. The second-order valence-corrected chi connectivity index (χ2v) is 6.85. The summed E-state index contributed by atoms with van der Waals surface area (Å²) in [5.41, 5.74) is 2.46. The van der Waals surface area contributed by atoms with E-state index in [9.17, 15) is 9.59 Å². The number of hydrogen-bond acceptors (Lipinski definition) is 4. The van der Waals surface area contributed by atoms with E-state index in [1.165, 1.54) is 17.3 Å². The lowest BCUT2D eigenvalue weighted by molar-refractivity contribution is 0.0591. The van der Waals surface area contributed by atoms with Crippen LogP contribution in [0.3, 0.4) is 0 Å². The molecule has 0 bridgehead atoms. The molecular weight excluding hydrogens is 352 g/mol. The Hall–Kier alpha value is -3.25. The molecule has 28 heavy (non-hydrogen) atoms. The largest absolute Gasteiger partial charge is 0.335 e. The maximum atomic E-state index is 12.7. The topological polar surface area (TPSA) is 69.3 Å². The summed E-state index contributed by atoms with van der Waals surface area (Å²) < 4.78 is 0. The first-order chi connectivity index (χ1) is 13.7. The van der Waals surface area contributed by atoms with Crippen molar-refractivity contribution < 1.29 is 4.79 Å². The molecule has 1 aliphatic heterocycles. The molecule has 1 aromatic heterocycles. The first-order valence-corrected chi connectivity index (χ1v) is 9.40. The summed E-state index contributed by atoms with van der Waals surface area (Å²) in [6, 6.07) is 21.1. The highest BCUT2D eigenvalue weighted by atomic mass is 16.2. The van der Waals surface area contributed by atoms with E-state index in [-0.39, 0.29) is 23.2 Å². The summed E-state index contributed by atoms with van der Waals surface area (Å²) in [7, 11) is 0. The second-order valence-electron chi connectivity index (χ2n) is 6.85. The molecule has 4 rings (SSSR count). The lowest BCUT2D eigenvalue weighted by atomic mass is 9.96. The smallest absolute Gasteiger partial charge is 0.274 e. The average Bonchev–Trinajstić information content (AvgIpc) is 2.76. The number of H-pyrrole nitrogens is 1. The van der Waals surface area contributed by atoms with Crippen LogP contribution in [0.5, 0.6) is 0 Å². The Morgan fingerprint density at radius 3 is 1.96 bits per heavy atom. The molecule has 0 radical (unpaired) electrons. The van der Waals surface area contributed by atoms with Gasteiger partial charge >= 0.3 is 0 Å². The molecule has 1 fully saturated rings.